The Balaban J connectivity index is 4.36. The van der Waals surface area contributed by atoms with Crippen molar-refractivity contribution in [3.05, 3.63) is 0 Å². The lowest BCUT2D eigenvalue weighted by atomic mass is 10.0. The van der Waals surface area contributed by atoms with E-state index in [9.17, 15) is 9.59 Å². The molecule has 5 nitrogen and oxygen atoms in total. The van der Waals surface area contributed by atoms with Crippen molar-refractivity contribution in [2.45, 2.75) is 59.0 Å². The minimum atomic E-state index is -0.904. The molecule has 1 atom stereocenters. The van der Waals surface area contributed by atoms with Crippen molar-refractivity contribution in [2.24, 2.45) is 5.92 Å². The highest BCUT2D eigenvalue weighted by molar-refractivity contribution is 5.76. The van der Waals surface area contributed by atoms with Crippen LogP contribution in [0.5, 0.6) is 0 Å². The molecular weight excluding hydrogens is 220 g/mol. The zero-order chi connectivity index (χ0) is 13.6. The van der Waals surface area contributed by atoms with Crippen molar-refractivity contribution in [3.63, 3.8) is 0 Å². The van der Waals surface area contributed by atoms with E-state index in [0.717, 1.165) is 6.42 Å². The van der Waals surface area contributed by atoms with Crippen LogP contribution in [-0.2, 0) is 4.79 Å². The molecule has 0 aromatic rings. The molecule has 0 radical (unpaired) electrons. The molecule has 5 heteroatoms. The first-order valence-corrected chi connectivity index (χ1v) is 5.98. The van der Waals surface area contributed by atoms with Crippen molar-refractivity contribution >= 4 is 12.0 Å². The molecular formula is C12H24N2O3. The minimum Gasteiger partial charge on any atom is -0.481 e. The van der Waals surface area contributed by atoms with Crippen molar-refractivity contribution in [2.75, 3.05) is 0 Å². The molecule has 0 aliphatic heterocycles. The van der Waals surface area contributed by atoms with Gasteiger partial charge in [-0.2, -0.15) is 0 Å². The molecule has 0 fully saturated rings. The Morgan fingerprint density at radius 1 is 1.29 bits per heavy atom. The highest BCUT2D eigenvalue weighted by Crippen LogP contribution is 2.09. The number of urea groups is 1. The molecule has 0 spiro atoms. The topological polar surface area (TPSA) is 78.4 Å². The second-order valence-corrected chi connectivity index (χ2v) is 5.28. The zero-order valence-electron chi connectivity index (χ0n) is 11.3. The molecule has 0 aromatic heterocycles. The van der Waals surface area contributed by atoms with Gasteiger partial charge in [0.25, 0.3) is 0 Å². The maximum absolute atomic E-state index is 11.7. The third kappa shape index (κ3) is 6.81. The van der Waals surface area contributed by atoms with Gasteiger partial charge < -0.3 is 15.7 Å². The summed E-state index contributed by atoms with van der Waals surface area (Å²) in [5.41, 5.74) is -0.283. The Morgan fingerprint density at radius 3 is 2.18 bits per heavy atom. The number of carbonyl (C=O) groups is 2. The summed E-state index contributed by atoms with van der Waals surface area (Å²) in [4.78, 5) is 22.4. The predicted molar refractivity (Wildman–Crippen MR) is 66.9 cm³/mol. The zero-order valence-corrected chi connectivity index (χ0v) is 11.3. The normalized spacial score (nSPS) is 13.3. The number of carboxylic acids is 1. The standard InChI is InChI=1S/C12H24N2O3/c1-6-12(4,5)14-11(17)13-9(8(2)3)7-10(15)16/h8-9H,6-7H2,1-5H3,(H,15,16)(H2,13,14,17). The molecule has 0 heterocycles. The number of aliphatic carboxylic acids is 1. The average Bonchev–Trinajstić information content (AvgIpc) is 2.15. The van der Waals surface area contributed by atoms with E-state index in [4.69, 9.17) is 5.11 Å². The Bertz CT molecular complexity index is 275. The van der Waals surface area contributed by atoms with E-state index in [0.29, 0.717) is 0 Å². The number of carbonyl (C=O) groups excluding carboxylic acids is 1. The van der Waals surface area contributed by atoms with E-state index < -0.39 is 5.97 Å². The van der Waals surface area contributed by atoms with Crippen LogP contribution < -0.4 is 10.6 Å². The maximum atomic E-state index is 11.7. The van der Waals surface area contributed by atoms with E-state index in [1.807, 2.05) is 34.6 Å². The van der Waals surface area contributed by atoms with E-state index in [1.54, 1.807) is 0 Å². The minimum absolute atomic E-state index is 0.0579. The van der Waals surface area contributed by atoms with Crippen molar-refractivity contribution in [3.8, 4) is 0 Å². The first kappa shape index (κ1) is 15.7. The lowest BCUT2D eigenvalue weighted by Gasteiger charge is -2.27. The third-order valence-electron chi connectivity index (χ3n) is 2.85. The second-order valence-electron chi connectivity index (χ2n) is 5.28. The quantitative estimate of drug-likeness (QED) is 0.668. The summed E-state index contributed by atoms with van der Waals surface area (Å²) < 4.78 is 0. The van der Waals surface area contributed by atoms with Crippen LogP contribution in [0.2, 0.25) is 0 Å². The van der Waals surface area contributed by atoms with Gasteiger partial charge in [0.2, 0.25) is 0 Å². The maximum Gasteiger partial charge on any atom is 0.315 e. The van der Waals surface area contributed by atoms with Crippen LogP contribution in [0.1, 0.15) is 47.5 Å². The Kier molecular flexibility index (Phi) is 5.99. The summed E-state index contributed by atoms with van der Waals surface area (Å²) in [5, 5.41) is 14.3. The summed E-state index contributed by atoms with van der Waals surface area (Å²) in [5.74, 6) is -0.819. The third-order valence-corrected chi connectivity index (χ3v) is 2.85. The summed E-state index contributed by atoms with van der Waals surface area (Å²) in [7, 11) is 0. The van der Waals surface area contributed by atoms with Crippen molar-refractivity contribution in [1.29, 1.82) is 0 Å². The van der Waals surface area contributed by atoms with Gasteiger partial charge >= 0.3 is 12.0 Å². The molecule has 2 amide bonds. The summed E-state index contributed by atoms with van der Waals surface area (Å²) in [6.45, 7) is 9.61. The lowest BCUT2D eigenvalue weighted by molar-refractivity contribution is -0.137. The molecule has 1 unspecified atom stereocenters. The Morgan fingerprint density at radius 2 is 1.82 bits per heavy atom. The molecule has 0 bridgehead atoms. The monoisotopic (exact) mass is 244 g/mol. The number of nitrogens with one attached hydrogen (secondary N) is 2. The van der Waals surface area contributed by atoms with Crippen LogP contribution in [0.4, 0.5) is 4.79 Å². The van der Waals surface area contributed by atoms with Gasteiger partial charge in [-0.25, -0.2) is 4.79 Å². The largest absolute Gasteiger partial charge is 0.481 e. The second kappa shape index (κ2) is 6.47. The van der Waals surface area contributed by atoms with Gasteiger partial charge in [-0.05, 0) is 26.2 Å². The van der Waals surface area contributed by atoms with Gasteiger partial charge in [-0.1, -0.05) is 20.8 Å². The summed E-state index contributed by atoms with van der Waals surface area (Å²) in [6.07, 6.45) is 0.753. The number of rotatable bonds is 6. The number of carboxylic acid groups (broad SMARTS) is 1. The molecule has 0 rings (SSSR count). The highest BCUT2D eigenvalue weighted by atomic mass is 16.4. The fraction of sp³-hybridized carbons (Fsp3) is 0.833. The van der Waals surface area contributed by atoms with E-state index >= 15 is 0 Å². The first-order valence-electron chi connectivity index (χ1n) is 5.98. The van der Waals surface area contributed by atoms with Crippen LogP contribution in [0.3, 0.4) is 0 Å². The smallest absolute Gasteiger partial charge is 0.315 e. The van der Waals surface area contributed by atoms with Gasteiger partial charge in [0, 0.05) is 11.6 Å². The number of hydrogen-bond acceptors (Lipinski definition) is 2. The van der Waals surface area contributed by atoms with Crippen LogP contribution in [0.25, 0.3) is 0 Å². The van der Waals surface area contributed by atoms with Crippen LogP contribution in [0, 0.1) is 5.92 Å². The molecule has 17 heavy (non-hydrogen) atoms. The van der Waals surface area contributed by atoms with Crippen LogP contribution in [-0.4, -0.2) is 28.7 Å². The van der Waals surface area contributed by atoms with Crippen LogP contribution >= 0.6 is 0 Å². The Hall–Kier alpha value is -1.26. The average molecular weight is 244 g/mol. The van der Waals surface area contributed by atoms with Crippen molar-refractivity contribution in [1.82, 2.24) is 10.6 Å². The van der Waals surface area contributed by atoms with E-state index in [2.05, 4.69) is 10.6 Å². The SMILES string of the molecule is CCC(C)(C)NC(=O)NC(CC(=O)O)C(C)C. The Labute approximate surface area is 103 Å². The number of amides is 2. The molecule has 3 N–H and O–H groups in total. The van der Waals surface area contributed by atoms with E-state index in [-0.39, 0.29) is 30.0 Å². The molecule has 0 aliphatic rings. The molecule has 0 aromatic carbocycles. The molecule has 0 saturated carbocycles. The van der Waals surface area contributed by atoms with Gasteiger partial charge in [-0.15, -0.1) is 0 Å². The first-order chi connectivity index (χ1) is 7.68. The van der Waals surface area contributed by atoms with Gasteiger partial charge in [0.1, 0.15) is 0 Å². The molecule has 100 valence electrons. The number of hydrogen-bond donors (Lipinski definition) is 3. The fourth-order valence-electron chi connectivity index (χ4n) is 1.24. The van der Waals surface area contributed by atoms with Gasteiger partial charge in [-0.3, -0.25) is 4.79 Å². The van der Waals surface area contributed by atoms with E-state index in [1.165, 1.54) is 0 Å². The summed E-state index contributed by atoms with van der Waals surface area (Å²) in [6, 6.07) is -0.656. The predicted octanol–water partition coefficient (Wildman–Crippen LogP) is 1.97. The van der Waals surface area contributed by atoms with Gasteiger partial charge in [0.15, 0.2) is 0 Å². The van der Waals surface area contributed by atoms with Crippen LogP contribution in [0.15, 0.2) is 0 Å². The molecule has 0 aliphatic carbocycles. The molecule has 0 saturated heterocycles. The fourth-order valence-corrected chi connectivity index (χ4v) is 1.24. The van der Waals surface area contributed by atoms with Gasteiger partial charge in [0.05, 0.1) is 6.42 Å². The summed E-state index contributed by atoms with van der Waals surface area (Å²) >= 11 is 0. The van der Waals surface area contributed by atoms with Crippen molar-refractivity contribution < 1.29 is 14.7 Å². The lowest BCUT2D eigenvalue weighted by Crippen LogP contribution is -2.52. The highest BCUT2D eigenvalue weighted by Gasteiger charge is 2.22.